The average molecular weight is 317 g/mol. The lowest BCUT2D eigenvalue weighted by molar-refractivity contribution is -0.146. The number of rotatable bonds is 6. The highest BCUT2D eigenvalue weighted by Gasteiger charge is 2.12. The van der Waals surface area contributed by atoms with Gasteiger partial charge in [0.2, 0.25) is 0 Å². The SMILES string of the molecule is CC(C)c1ccccc1NC(=O)COC(=O)Cc1cccs1. The average Bonchev–Trinajstić information content (AvgIpc) is 2.98. The van der Waals surface area contributed by atoms with Crippen LogP contribution in [0.15, 0.2) is 41.8 Å². The smallest absolute Gasteiger partial charge is 0.311 e. The van der Waals surface area contributed by atoms with Gasteiger partial charge in [-0.15, -0.1) is 11.3 Å². The van der Waals surface area contributed by atoms with Crippen molar-refractivity contribution in [2.45, 2.75) is 26.2 Å². The van der Waals surface area contributed by atoms with Crippen LogP contribution in [-0.2, 0) is 20.7 Å². The summed E-state index contributed by atoms with van der Waals surface area (Å²) in [6.45, 7) is 3.86. The van der Waals surface area contributed by atoms with E-state index in [9.17, 15) is 9.59 Å². The number of esters is 1. The van der Waals surface area contributed by atoms with E-state index < -0.39 is 5.97 Å². The van der Waals surface area contributed by atoms with Gasteiger partial charge in [-0.3, -0.25) is 9.59 Å². The van der Waals surface area contributed by atoms with Crippen molar-refractivity contribution in [3.05, 3.63) is 52.2 Å². The predicted octanol–water partition coefficient (Wildman–Crippen LogP) is 3.60. The molecule has 22 heavy (non-hydrogen) atoms. The number of carbonyl (C=O) groups excluding carboxylic acids is 2. The van der Waals surface area contributed by atoms with E-state index in [4.69, 9.17) is 4.74 Å². The summed E-state index contributed by atoms with van der Waals surface area (Å²) in [5, 5.41) is 4.69. The van der Waals surface area contributed by atoms with Gasteiger partial charge in [-0.2, -0.15) is 0 Å². The molecular formula is C17H19NO3S. The molecule has 0 atom stereocenters. The second-order valence-corrected chi connectivity index (χ2v) is 6.24. The molecule has 2 rings (SSSR count). The monoisotopic (exact) mass is 317 g/mol. The number of nitrogens with one attached hydrogen (secondary N) is 1. The lowest BCUT2D eigenvalue weighted by Crippen LogP contribution is -2.22. The molecule has 1 N–H and O–H groups in total. The number of carbonyl (C=O) groups is 2. The third-order valence-electron chi connectivity index (χ3n) is 3.12. The summed E-state index contributed by atoms with van der Waals surface area (Å²) >= 11 is 1.49. The van der Waals surface area contributed by atoms with Gasteiger partial charge in [-0.1, -0.05) is 38.1 Å². The van der Waals surface area contributed by atoms with E-state index in [1.165, 1.54) is 11.3 Å². The second kappa shape index (κ2) is 7.75. The molecule has 0 unspecified atom stereocenters. The largest absolute Gasteiger partial charge is 0.455 e. The van der Waals surface area contributed by atoms with Gasteiger partial charge in [-0.05, 0) is 29.0 Å². The van der Waals surface area contributed by atoms with Gasteiger partial charge in [-0.25, -0.2) is 0 Å². The van der Waals surface area contributed by atoms with Crippen molar-refractivity contribution in [3.8, 4) is 0 Å². The quantitative estimate of drug-likeness (QED) is 0.828. The van der Waals surface area contributed by atoms with Crippen LogP contribution in [0.3, 0.4) is 0 Å². The van der Waals surface area contributed by atoms with E-state index in [0.29, 0.717) is 5.92 Å². The van der Waals surface area contributed by atoms with E-state index in [2.05, 4.69) is 19.2 Å². The molecule has 0 aliphatic carbocycles. The van der Waals surface area contributed by atoms with Crippen LogP contribution in [0.2, 0.25) is 0 Å². The Labute approximate surface area is 134 Å². The number of ether oxygens (including phenoxy) is 1. The Kier molecular flexibility index (Phi) is 5.72. The van der Waals surface area contributed by atoms with Crippen molar-refractivity contribution >= 4 is 28.9 Å². The fraction of sp³-hybridized carbons (Fsp3) is 0.294. The number of amides is 1. The molecule has 0 radical (unpaired) electrons. The highest BCUT2D eigenvalue weighted by Crippen LogP contribution is 2.23. The van der Waals surface area contributed by atoms with Gasteiger partial charge in [0.1, 0.15) is 0 Å². The first-order chi connectivity index (χ1) is 10.6. The van der Waals surface area contributed by atoms with Crippen molar-refractivity contribution in [2.75, 3.05) is 11.9 Å². The Hall–Kier alpha value is -2.14. The van der Waals surface area contributed by atoms with Crippen LogP contribution < -0.4 is 5.32 Å². The maximum atomic E-state index is 11.9. The van der Waals surface area contributed by atoms with Crippen LogP contribution in [0.1, 0.15) is 30.2 Å². The van der Waals surface area contributed by atoms with E-state index in [1.54, 1.807) is 0 Å². The van der Waals surface area contributed by atoms with Gasteiger partial charge in [0.05, 0.1) is 6.42 Å². The van der Waals surface area contributed by atoms with Crippen LogP contribution in [0.5, 0.6) is 0 Å². The molecular weight excluding hydrogens is 298 g/mol. The summed E-state index contributed by atoms with van der Waals surface area (Å²) < 4.78 is 5.01. The molecule has 0 saturated heterocycles. The molecule has 0 aliphatic heterocycles. The predicted molar refractivity (Wildman–Crippen MR) is 88.1 cm³/mol. The Morgan fingerprint density at radius 3 is 2.64 bits per heavy atom. The molecule has 1 amide bonds. The first kappa shape index (κ1) is 16.2. The lowest BCUT2D eigenvalue weighted by atomic mass is 10.0. The Balaban J connectivity index is 1.84. The minimum atomic E-state index is -0.394. The van der Waals surface area contributed by atoms with Crippen LogP contribution in [0.4, 0.5) is 5.69 Å². The number of hydrogen-bond donors (Lipinski definition) is 1. The number of thiophene rings is 1. The maximum Gasteiger partial charge on any atom is 0.311 e. The molecule has 5 heteroatoms. The maximum absolute atomic E-state index is 11.9. The van der Waals surface area contributed by atoms with E-state index >= 15 is 0 Å². The van der Waals surface area contributed by atoms with Crippen molar-refractivity contribution in [1.82, 2.24) is 0 Å². The minimum Gasteiger partial charge on any atom is -0.455 e. The van der Waals surface area contributed by atoms with Gasteiger partial charge in [0.15, 0.2) is 6.61 Å². The molecule has 116 valence electrons. The highest BCUT2D eigenvalue weighted by atomic mass is 32.1. The Morgan fingerprint density at radius 2 is 1.95 bits per heavy atom. The highest BCUT2D eigenvalue weighted by molar-refractivity contribution is 7.10. The van der Waals surface area contributed by atoms with Gasteiger partial charge < -0.3 is 10.1 Å². The summed E-state index contributed by atoms with van der Waals surface area (Å²) in [6.07, 6.45) is 0.202. The topological polar surface area (TPSA) is 55.4 Å². The first-order valence-electron chi connectivity index (χ1n) is 7.13. The molecule has 1 aromatic carbocycles. The molecule has 0 aliphatic rings. The molecule has 0 fully saturated rings. The summed E-state index contributed by atoms with van der Waals surface area (Å²) in [5.41, 5.74) is 1.82. The van der Waals surface area contributed by atoms with Crippen LogP contribution >= 0.6 is 11.3 Å². The summed E-state index contributed by atoms with van der Waals surface area (Å²) in [6, 6.07) is 11.4. The zero-order chi connectivity index (χ0) is 15.9. The number of para-hydroxylation sites is 1. The van der Waals surface area contributed by atoms with Gasteiger partial charge in [0, 0.05) is 10.6 Å². The zero-order valence-corrected chi connectivity index (χ0v) is 13.5. The van der Waals surface area contributed by atoms with Gasteiger partial charge >= 0.3 is 5.97 Å². The summed E-state index contributed by atoms with van der Waals surface area (Å²) in [4.78, 5) is 24.5. The standard InChI is InChI=1S/C17H19NO3S/c1-12(2)14-7-3-4-8-15(14)18-16(19)11-21-17(20)10-13-6-5-9-22-13/h3-9,12H,10-11H2,1-2H3,(H,18,19). The normalized spacial score (nSPS) is 10.5. The summed E-state index contributed by atoms with van der Waals surface area (Å²) in [5.74, 6) is -0.416. The van der Waals surface area contributed by atoms with Crippen LogP contribution in [0, 0.1) is 0 Å². The molecule has 1 heterocycles. The first-order valence-corrected chi connectivity index (χ1v) is 8.01. The fourth-order valence-corrected chi connectivity index (χ4v) is 2.74. The van der Waals surface area contributed by atoms with Gasteiger partial charge in [0.25, 0.3) is 5.91 Å². The zero-order valence-electron chi connectivity index (χ0n) is 12.7. The van der Waals surface area contributed by atoms with E-state index in [-0.39, 0.29) is 18.9 Å². The van der Waals surface area contributed by atoms with Crippen LogP contribution in [0.25, 0.3) is 0 Å². The van der Waals surface area contributed by atoms with Crippen LogP contribution in [-0.4, -0.2) is 18.5 Å². The lowest BCUT2D eigenvalue weighted by Gasteiger charge is -2.13. The van der Waals surface area contributed by atoms with Crippen molar-refractivity contribution in [3.63, 3.8) is 0 Å². The number of hydrogen-bond acceptors (Lipinski definition) is 4. The van der Waals surface area contributed by atoms with Crippen molar-refractivity contribution in [2.24, 2.45) is 0 Å². The molecule has 0 bridgehead atoms. The van der Waals surface area contributed by atoms with E-state index in [0.717, 1.165) is 16.1 Å². The second-order valence-electron chi connectivity index (χ2n) is 5.21. The number of benzene rings is 1. The van der Waals surface area contributed by atoms with Crippen molar-refractivity contribution < 1.29 is 14.3 Å². The van der Waals surface area contributed by atoms with E-state index in [1.807, 2.05) is 41.8 Å². The Bertz CT molecular complexity index is 635. The fourth-order valence-electron chi connectivity index (χ4n) is 2.05. The van der Waals surface area contributed by atoms with Crippen molar-refractivity contribution in [1.29, 1.82) is 0 Å². The molecule has 4 nitrogen and oxygen atoms in total. The Morgan fingerprint density at radius 1 is 1.18 bits per heavy atom. The summed E-state index contributed by atoms with van der Waals surface area (Å²) in [7, 11) is 0. The number of anilines is 1. The molecule has 0 spiro atoms. The minimum absolute atomic E-state index is 0.202. The molecule has 1 aromatic heterocycles. The molecule has 0 saturated carbocycles. The molecule has 2 aromatic rings. The third kappa shape index (κ3) is 4.70. The third-order valence-corrected chi connectivity index (χ3v) is 4.00.